The standard InChI is InChI=1S/C17H16O2/c1-13-8-9-14(12-17(13)19-2)10-11-16(18)15-6-4-3-5-7-15/h3-12H,1-2H3. The second-order valence-corrected chi connectivity index (χ2v) is 4.29. The van der Waals surface area contributed by atoms with Gasteiger partial charge in [-0.2, -0.15) is 0 Å². The lowest BCUT2D eigenvalue weighted by Crippen LogP contribution is -1.93. The van der Waals surface area contributed by atoms with Crippen LogP contribution in [0, 0.1) is 6.92 Å². The molecule has 0 saturated heterocycles. The summed E-state index contributed by atoms with van der Waals surface area (Å²) in [6.07, 6.45) is 3.39. The predicted octanol–water partition coefficient (Wildman–Crippen LogP) is 3.90. The summed E-state index contributed by atoms with van der Waals surface area (Å²) in [7, 11) is 1.64. The molecule has 2 aromatic carbocycles. The average molecular weight is 252 g/mol. The molecule has 0 bridgehead atoms. The maximum absolute atomic E-state index is 11.9. The number of carbonyl (C=O) groups is 1. The van der Waals surface area contributed by atoms with E-state index in [1.807, 2.05) is 55.5 Å². The van der Waals surface area contributed by atoms with Crippen LogP contribution in [0.1, 0.15) is 21.5 Å². The van der Waals surface area contributed by atoms with Gasteiger partial charge in [-0.05, 0) is 30.2 Å². The van der Waals surface area contributed by atoms with Gasteiger partial charge in [-0.3, -0.25) is 4.79 Å². The quantitative estimate of drug-likeness (QED) is 0.609. The van der Waals surface area contributed by atoms with Gasteiger partial charge in [-0.25, -0.2) is 0 Å². The summed E-state index contributed by atoms with van der Waals surface area (Å²) >= 11 is 0. The van der Waals surface area contributed by atoms with Gasteiger partial charge in [0.05, 0.1) is 7.11 Å². The fraction of sp³-hybridized carbons (Fsp3) is 0.118. The van der Waals surface area contributed by atoms with E-state index in [1.54, 1.807) is 19.3 Å². The fourth-order valence-electron chi connectivity index (χ4n) is 1.81. The van der Waals surface area contributed by atoms with Crippen LogP contribution in [0.25, 0.3) is 6.08 Å². The topological polar surface area (TPSA) is 26.3 Å². The minimum Gasteiger partial charge on any atom is -0.496 e. The van der Waals surface area contributed by atoms with Gasteiger partial charge in [-0.15, -0.1) is 0 Å². The first-order chi connectivity index (χ1) is 9.20. The highest BCUT2D eigenvalue weighted by Gasteiger charge is 2.01. The van der Waals surface area contributed by atoms with Crippen LogP contribution in [0.4, 0.5) is 0 Å². The third-order valence-electron chi connectivity index (χ3n) is 2.92. The number of hydrogen-bond acceptors (Lipinski definition) is 2. The Balaban J connectivity index is 2.17. The van der Waals surface area contributed by atoms with Crippen LogP contribution in [0.2, 0.25) is 0 Å². The Morgan fingerprint density at radius 2 is 1.84 bits per heavy atom. The highest BCUT2D eigenvalue weighted by molar-refractivity contribution is 6.06. The molecule has 0 fully saturated rings. The van der Waals surface area contributed by atoms with Gasteiger partial charge in [0.2, 0.25) is 0 Å². The monoisotopic (exact) mass is 252 g/mol. The number of methoxy groups -OCH3 is 1. The van der Waals surface area contributed by atoms with E-state index < -0.39 is 0 Å². The van der Waals surface area contributed by atoms with E-state index in [0.717, 1.165) is 16.9 Å². The molecular formula is C17H16O2. The Labute approximate surface area is 113 Å². The Bertz CT molecular complexity index is 598. The molecule has 2 heteroatoms. The second-order valence-electron chi connectivity index (χ2n) is 4.29. The first-order valence-corrected chi connectivity index (χ1v) is 6.13. The van der Waals surface area contributed by atoms with Gasteiger partial charge >= 0.3 is 0 Å². The summed E-state index contributed by atoms with van der Waals surface area (Å²) in [5.41, 5.74) is 2.72. The van der Waals surface area contributed by atoms with Gasteiger partial charge in [-0.1, -0.05) is 48.5 Å². The Hall–Kier alpha value is -2.35. The molecule has 0 heterocycles. The minimum atomic E-state index is 0.000131. The number of carbonyl (C=O) groups excluding carboxylic acids is 1. The van der Waals surface area contributed by atoms with Gasteiger partial charge in [0.25, 0.3) is 0 Å². The normalized spacial score (nSPS) is 10.6. The summed E-state index contributed by atoms with van der Waals surface area (Å²) < 4.78 is 5.26. The molecule has 0 spiro atoms. The van der Waals surface area contributed by atoms with Crippen molar-refractivity contribution in [2.75, 3.05) is 7.11 Å². The van der Waals surface area contributed by atoms with Crippen LogP contribution < -0.4 is 4.74 Å². The second kappa shape index (κ2) is 6.01. The Morgan fingerprint density at radius 3 is 2.53 bits per heavy atom. The third kappa shape index (κ3) is 3.32. The van der Waals surface area contributed by atoms with E-state index in [2.05, 4.69) is 0 Å². The maximum atomic E-state index is 11.9. The van der Waals surface area contributed by atoms with Gasteiger partial charge < -0.3 is 4.74 Å². The van der Waals surface area contributed by atoms with Crippen molar-refractivity contribution in [3.8, 4) is 5.75 Å². The smallest absolute Gasteiger partial charge is 0.185 e. The lowest BCUT2D eigenvalue weighted by atomic mass is 10.1. The van der Waals surface area contributed by atoms with Crippen molar-refractivity contribution in [3.63, 3.8) is 0 Å². The zero-order valence-electron chi connectivity index (χ0n) is 11.1. The van der Waals surface area contributed by atoms with Crippen LogP contribution in [0.3, 0.4) is 0 Å². The van der Waals surface area contributed by atoms with E-state index in [0.29, 0.717) is 5.56 Å². The van der Waals surface area contributed by atoms with Crippen molar-refractivity contribution >= 4 is 11.9 Å². The van der Waals surface area contributed by atoms with E-state index in [4.69, 9.17) is 4.74 Å². The van der Waals surface area contributed by atoms with E-state index >= 15 is 0 Å². The third-order valence-corrected chi connectivity index (χ3v) is 2.92. The number of rotatable bonds is 4. The lowest BCUT2D eigenvalue weighted by molar-refractivity contribution is 0.104. The number of aryl methyl sites for hydroxylation is 1. The number of ether oxygens (including phenoxy) is 1. The van der Waals surface area contributed by atoms with Crippen molar-refractivity contribution in [2.24, 2.45) is 0 Å². The molecule has 0 aromatic heterocycles. The van der Waals surface area contributed by atoms with Crippen LogP contribution in [0.15, 0.2) is 54.6 Å². The zero-order chi connectivity index (χ0) is 13.7. The van der Waals surface area contributed by atoms with Crippen LogP contribution in [0.5, 0.6) is 5.75 Å². The van der Waals surface area contributed by atoms with Gasteiger partial charge in [0.1, 0.15) is 5.75 Å². The van der Waals surface area contributed by atoms with Crippen LogP contribution >= 0.6 is 0 Å². The molecule has 0 amide bonds. The predicted molar refractivity (Wildman–Crippen MR) is 77.5 cm³/mol. The summed E-state index contributed by atoms with van der Waals surface area (Å²) in [5.74, 6) is 0.828. The molecule has 2 nitrogen and oxygen atoms in total. The van der Waals surface area contributed by atoms with Gasteiger partial charge in [0, 0.05) is 5.56 Å². The molecule has 0 aliphatic carbocycles. The average Bonchev–Trinajstić information content (AvgIpc) is 2.47. The summed E-state index contributed by atoms with van der Waals surface area (Å²) in [4.78, 5) is 11.9. The maximum Gasteiger partial charge on any atom is 0.185 e. The molecule has 0 saturated carbocycles. The molecule has 19 heavy (non-hydrogen) atoms. The number of allylic oxidation sites excluding steroid dienone is 1. The molecule has 0 atom stereocenters. The highest BCUT2D eigenvalue weighted by atomic mass is 16.5. The largest absolute Gasteiger partial charge is 0.496 e. The van der Waals surface area contributed by atoms with E-state index in [1.165, 1.54) is 0 Å². The molecule has 0 aliphatic rings. The molecule has 2 aromatic rings. The summed E-state index contributed by atoms with van der Waals surface area (Å²) in [6, 6.07) is 15.1. The van der Waals surface area contributed by atoms with Crippen molar-refractivity contribution < 1.29 is 9.53 Å². The van der Waals surface area contributed by atoms with Crippen molar-refractivity contribution in [2.45, 2.75) is 6.92 Å². The highest BCUT2D eigenvalue weighted by Crippen LogP contribution is 2.19. The SMILES string of the molecule is COc1cc(C=CC(=O)c2ccccc2)ccc1C. The molecule has 0 radical (unpaired) electrons. The first kappa shape index (κ1) is 13.1. The molecule has 0 N–H and O–H groups in total. The van der Waals surface area contributed by atoms with E-state index in [-0.39, 0.29) is 5.78 Å². The van der Waals surface area contributed by atoms with Crippen molar-refractivity contribution in [1.82, 2.24) is 0 Å². The first-order valence-electron chi connectivity index (χ1n) is 6.13. The number of benzene rings is 2. The van der Waals surface area contributed by atoms with Crippen LogP contribution in [-0.4, -0.2) is 12.9 Å². The molecule has 96 valence electrons. The van der Waals surface area contributed by atoms with Crippen molar-refractivity contribution in [1.29, 1.82) is 0 Å². The fourth-order valence-corrected chi connectivity index (χ4v) is 1.81. The molecule has 0 unspecified atom stereocenters. The Kier molecular flexibility index (Phi) is 4.14. The summed E-state index contributed by atoms with van der Waals surface area (Å²) in [5, 5.41) is 0. The van der Waals surface area contributed by atoms with Gasteiger partial charge in [0.15, 0.2) is 5.78 Å². The molecule has 0 aliphatic heterocycles. The lowest BCUT2D eigenvalue weighted by Gasteiger charge is -2.04. The summed E-state index contributed by atoms with van der Waals surface area (Å²) in [6.45, 7) is 1.99. The minimum absolute atomic E-state index is 0.000131. The zero-order valence-corrected chi connectivity index (χ0v) is 11.1. The van der Waals surface area contributed by atoms with Crippen molar-refractivity contribution in [3.05, 3.63) is 71.3 Å². The van der Waals surface area contributed by atoms with E-state index in [9.17, 15) is 4.79 Å². The molecule has 2 rings (SSSR count). The van der Waals surface area contributed by atoms with Crippen LogP contribution in [-0.2, 0) is 0 Å². The number of hydrogen-bond donors (Lipinski definition) is 0. The molecular weight excluding hydrogens is 236 g/mol. The number of ketones is 1. The Morgan fingerprint density at radius 1 is 1.11 bits per heavy atom.